The molecule has 0 saturated carbocycles. The van der Waals surface area contributed by atoms with E-state index in [9.17, 15) is 9.59 Å². The number of aromatic carboxylic acids is 1. The molecule has 0 spiro atoms. The first-order valence-electron chi connectivity index (χ1n) is 4.19. The van der Waals surface area contributed by atoms with Crippen molar-refractivity contribution in [3.63, 3.8) is 0 Å². The van der Waals surface area contributed by atoms with Gasteiger partial charge in [-0.3, -0.25) is 10.2 Å². The maximum Gasteiger partial charge on any atom is 0.355 e. The molecule has 1 rings (SSSR count). The Balaban J connectivity index is 3.03. The molecular formula is C9H11N3O3. The molecule has 0 aliphatic rings. The number of amides is 1. The van der Waals surface area contributed by atoms with E-state index < -0.39 is 11.9 Å². The van der Waals surface area contributed by atoms with Gasteiger partial charge in [-0.1, -0.05) is 0 Å². The number of carboxylic acids is 1. The van der Waals surface area contributed by atoms with Crippen molar-refractivity contribution in [2.75, 3.05) is 14.1 Å². The average molecular weight is 209 g/mol. The Hall–Kier alpha value is -1.95. The molecule has 0 bridgehead atoms. The Kier molecular flexibility index (Phi) is 3.35. The van der Waals surface area contributed by atoms with E-state index in [1.807, 2.05) is 0 Å². The second kappa shape index (κ2) is 4.52. The number of nitrogens with zero attached hydrogens (tertiary/aromatic N) is 2. The van der Waals surface area contributed by atoms with Gasteiger partial charge in [-0.25, -0.2) is 14.8 Å². The fourth-order valence-corrected chi connectivity index (χ4v) is 1.02. The summed E-state index contributed by atoms with van der Waals surface area (Å²) in [7, 11) is 3.27. The predicted octanol–water partition coefficient (Wildman–Crippen LogP) is -0.0138. The maximum absolute atomic E-state index is 11.5. The van der Waals surface area contributed by atoms with Gasteiger partial charge in [0.1, 0.15) is 0 Å². The number of nitrogens with one attached hydrogen (secondary N) is 1. The van der Waals surface area contributed by atoms with Gasteiger partial charge in [0.2, 0.25) is 0 Å². The highest BCUT2D eigenvalue weighted by Crippen LogP contribution is 2.04. The smallest absolute Gasteiger partial charge is 0.355 e. The summed E-state index contributed by atoms with van der Waals surface area (Å²) in [4.78, 5) is 25.9. The molecule has 1 aromatic rings. The van der Waals surface area contributed by atoms with E-state index in [4.69, 9.17) is 5.11 Å². The standard InChI is InChI=1S/C9H11N3O3/c1-12(2)11-8(13)6-4-3-5-10-7(6)9(14)15/h3-5H,1-2H3,(H,11,13)(H,14,15). The SMILES string of the molecule is CN(C)NC(=O)c1cccnc1C(=O)O. The third kappa shape index (κ3) is 2.75. The van der Waals surface area contributed by atoms with E-state index >= 15 is 0 Å². The third-order valence-corrected chi connectivity index (χ3v) is 1.58. The molecule has 0 fully saturated rings. The summed E-state index contributed by atoms with van der Waals surface area (Å²) in [5, 5.41) is 10.2. The highest BCUT2D eigenvalue weighted by molar-refractivity contribution is 6.03. The summed E-state index contributed by atoms with van der Waals surface area (Å²) in [5.74, 6) is -1.72. The number of carboxylic acid groups (broad SMARTS) is 1. The van der Waals surface area contributed by atoms with Crippen LogP contribution in [0.5, 0.6) is 0 Å². The minimum Gasteiger partial charge on any atom is -0.476 e. The molecule has 0 atom stereocenters. The monoisotopic (exact) mass is 209 g/mol. The fraction of sp³-hybridized carbons (Fsp3) is 0.222. The first-order chi connectivity index (χ1) is 7.02. The molecule has 1 heterocycles. The summed E-state index contributed by atoms with van der Waals surface area (Å²) in [6.07, 6.45) is 1.33. The highest BCUT2D eigenvalue weighted by Gasteiger charge is 2.17. The topological polar surface area (TPSA) is 82.5 Å². The average Bonchev–Trinajstić information content (AvgIpc) is 2.16. The number of hydrazine groups is 1. The summed E-state index contributed by atoms with van der Waals surface area (Å²) in [6.45, 7) is 0. The van der Waals surface area contributed by atoms with Gasteiger partial charge in [-0.2, -0.15) is 0 Å². The molecule has 6 nitrogen and oxygen atoms in total. The van der Waals surface area contributed by atoms with Crippen molar-refractivity contribution in [2.45, 2.75) is 0 Å². The lowest BCUT2D eigenvalue weighted by Gasteiger charge is -2.12. The van der Waals surface area contributed by atoms with E-state index in [0.717, 1.165) is 0 Å². The van der Waals surface area contributed by atoms with E-state index in [-0.39, 0.29) is 11.3 Å². The van der Waals surface area contributed by atoms with Gasteiger partial charge in [-0.05, 0) is 12.1 Å². The molecule has 2 N–H and O–H groups in total. The Morgan fingerprint density at radius 2 is 2.13 bits per heavy atom. The normalized spacial score (nSPS) is 10.1. The number of hydrogen-bond donors (Lipinski definition) is 2. The first kappa shape index (κ1) is 11.1. The van der Waals surface area contributed by atoms with Gasteiger partial charge >= 0.3 is 5.97 Å². The molecule has 6 heteroatoms. The van der Waals surface area contributed by atoms with Crippen LogP contribution in [-0.4, -0.2) is 41.1 Å². The van der Waals surface area contributed by atoms with Gasteiger partial charge in [-0.15, -0.1) is 0 Å². The summed E-state index contributed by atoms with van der Waals surface area (Å²) in [6, 6.07) is 2.92. The zero-order valence-electron chi connectivity index (χ0n) is 8.39. The van der Waals surface area contributed by atoms with E-state index in [1.165, 1.54) is 23.3 Å². The molecule has 0 unspecified atom stereocenters. The zero-order chi connectivity index (χ0) is 11.4. The van der Waals surface area contributed by atoms with Gasteiger partial charge < -0.3 is 5.11 Å². The first-order valence-corrected chi connectivity index (χ1v) is 4.19. The molecule has 1 amide bonds. The summed E-state index contributed by atoms with van der Waals surface area (Å²) in [5.41, 5.74) is 2.23. The second-order valence-electron chi connectivity index (χ2n) is 3.04. The Morgan fingerprint density at radius 1 is 1.47 bits per heavy atom. The lowest BCUT2D eigenvalue weighted by atomic mass is 10.2. The largest absolute Gasteiger partial charge is 0.476 e. The highest BCUT2D eigenvalue weighted by atomic mass is 16.4. The maximum atomic E-state index is 11.5. The van der Waals surface area contributed by atoms with Crippen molar-refractivity contribution in [1.82, 2.24) is 15.4 Å². The molecule has 1 aromatic heterocycles. The van der Waals surface area contributed by atoms with Crippen LogP contribution in [0.1, 0.15) is 20.8 Å². The third-order valence-electron chi connectivity index (χ3n) is 1.58. The van der Waals surface area contributed by atoms with Crippen LogP contribution >= 0.6 is 0 Å². The van der Waals surface area contributed by atoms with Crippen molar-refractivity contribution >= 4 is 11.9 Å². The van der Waals surface area contributed by atoms with Crippen LogP contribution < -0.4 is 5.43 Å². The zero-order valence-corrected chi connectivity index (χ0v) is 8.39. The van der Waals surface area contributed by atoms with Crippen LogP contribution in [0.25, 0.3) is 0 Å². The van der Waals surface area contributed by atoms with E-state index in [0.29, 0.717) is 0 Å². The molecule has 0 aromatic carbocycles. The van der Waals surface area contributed by atoms with Crippen molar-refractivity contribution in [1.29, 1.82) is 0 Å². The molecule has 0 aliphatic carbocycles. The molecule has 80 valence electrons. The number of aromatic nitrogens is 1. The van der Waals surface area contributed by atoms with Crippen molar-refractivity contribution in [3.05, 3.63) is 29.6 Å². The quantitative estimate of drug-likeness (QED) is 0.684. The fourth-order valence-electron chi connectivity index (χ4n) is 1.02. The Morgan fingerprint density at radius 3 is 2.67 bits per heavy atom. The van der Waals surface area contributed by atoms with Crippen LogP contribution in [0.2, 0.25) is 0 Å². The Bertz CT molecular complexity index is 390. The molecular weight excluding hydrogens is 198 g/mol. The number of rotatable bonds is 3. The van der Waals surface area contributed by atoms with Gasteiger partial charge in [0.05, 0.1) is 5.56 Å². The minimum atomic E-state index is -1.22. The number of carbonyl (C=O) groups excluding carboxylic acids is 1. The predicted molar refractivity (Wildman–Crippen MR) is 52.3 cm³/mol. The summed E-state index contributed by atoms with van der Waals surface area (Å²) >= 11 is 0. The van der Waals surface area contributed by atoms with Gasteiger partial charge in [0.15, 0.2) is 5.69 Å². The van der Waals surface area contributed by atoms with E-state index in [2.05, 4.69) is 10.4 Å². The molecule has 15 heavy (non-hydrogen) atoms. The number of carbonyl (C=O) groups is 2. The minimum absolute atomic E-state index is 0.0405. The lowest BCUT2D eigenvalue weighted by molar-refractivity contribution is 0.0680. The van der Waals surface area contributed by atoms with Crippen LogP contribution in [0, 0.1) is 0 Å². The van der Waals surface area contributed by atoms with Crippen LogP contribution in [0.4, 0.5) is 0 Å². The van der Waals surface area contributed by atoms with Crippen LogP contribution in [0.15, 0.2) is 18.3 Å². The molecule has 0 radical (unpaired) electrons. The van der Waals surface area contributed by atoms with Crippen LogP contribution in [0.3, 0.4) is 0 Å². The number of pyridine rings is 1. The van der Waals surface area contributed by atoms with Crippen molar-refractivity contribution in [3.8, 4) is 0 Å². The van der Waals surface area contributed by atoms with Crippen LogP contribution in [-0.2, 0) is 0 Å². The van der Waals surface area contributed by atoms with Gasteiger partial charge in [0.25, 0.3) is 5.91 Å². The van der Waals surface area contributed by atoms with Crippen molar-refractivity contribution < 1.29 is 14.7 Å². The van der Waals surface area contributed by atoms with E-state index in [1.54, 1.807) is 14.1 Å². The summed E-state index contributed by atoms with van der Waals surface area (Å²) < 4.78 is 0. The molecule has 0 aliphatic heterocycles. The van der Waals surface area contributed by atoms with Crippen molar-refractivity contribution in [2.24, 2.45) is 0 Å². The molecule has 0 saturated heterocycles. The number of hydrogen-bond acceptors (Lipinski definition) is 4. The second-order valence-corrected chi connectivity index (χ2v) is 3.04. The lowest BCUT2D eigenvalue weighted by Crippen LogP contribution is -2.37. The Labute approximate surface area is 86.5 Å². The van der Waals surface area contributed by atoms with Gasteiger partial charge in [0, 0.05) is 20.3 Å².